The van der Waals surface area contributed by atoms with Crippen LogP contribution in [0.1, 0.15) is 5.56 Å². The number of aromatic nitrogens is 4. The van der Waals surface area contributed by atoms with Gasteiger partial charge in [0.05, 0.1) is 12.9 Å². The molecule has 6 nitrogen and oxygen atoms in total. The fourth-order valence-electron chi connectivity index (χ4n) is 2.12. The predicted molar refractivity (Wildman–Crippen MR) is 71.1 cm³/mol. The van der Waals surface area contributed by atoms with E-state index in [-0.39, 0.29) is 23.5 Å². The van der Waals surface area contributed by atoms with Gasteiger partial charge in [0.1, 0.15) is 5.82 Å². The maximum Gasteiger partial charge on any atom is 0.329 e. The fraction of sp³-hybridized carbons (Fsp3) is 0.154. The number of aryl methyl sites for hydroxylation is 1. The van der Waals surface area contributed by atoms with Gasteiger partial charge >= 0.3 is 5.69 Å². The van der Waals surface area contributed by atoms with Crippen molar-refractivity contribution in [3.63, 3.8) is 0 Å². The third-order valence-electron chi connectivity index (χ3n) is 3.17. The van der Waals surface area contributed by atoms with Gasteiger partial charge in [0.25, 0.3) is 5.56 Å². The van der Waals surface area contributed by atoms with Crippen LogP contribution in [0.4, 0.5) is 4.39 Å². The third kappa shape index (κ3) is 1.83. The van der Waals surface area contributed by atoms with Gasteiger partial charge in [0, 0.05) is 12.6 Å². The van der Waals surface area contributed by atoms with E-state index in [2.05, 4.69) is 9.97 Å². The summed E-state index contributed by atoms with van der Waals surface area (Å²) in [6, 6.07) is 6.31. The van der Waals surface area contributed by atoms with E-state index in [1.807, 2.05) is 0 Å². The summed E-state index contributed by atoms with van der Waals surface area (Å²) in [5.41, 5.74) is -0.0962. The molecule has 102 valence electrons. The minimum atomic E-state index is -0.531. The molecule has 0 bridgehead atoms. The Morgan fingerprint density at radius 2 is 2.05 bits per heavy atom. The Morgan fingerprint density at radius 3 is 2.80 bits per heavy atom. The molecule has 1 aromatic carbocycles. The highest BCUT2D eigenvalue weighted by Crippen LogP contribution is 2.12. The summed E-state index contributed by atoms with van der Waals surface area (Å²) in [7, 11) is 1.51. The van der Waals surface area contributed by atoms with Gasteiger partial charge in [-0.05, 0) is 6.07 Å². The Morgan fingerprint density at radius 1 is 1.30 bits per heavy atom. The van der Waals surface area contributed by atoms with Gasteiger partial charge in [0.2, 0.25) is 0 Å². The molecule has 0 aliphatic rings. The lowest BCUT2D eigenvalue weighted by atomic mass is 10.2. The number of hydrogen-bond donors (Lipinski definition) is 1. The number of fused-ring (bicyclic) bond motifs is 1. The second-order valence-electron chi connectivity index (χ2n) is 4.45. The number of nitrogens with zero attached hydrogens (tertiary/aromatic N) is 3. The zero-order valence-corrected chi connectivity index (χ0v) is 10.6. The molecule has 0 aliphatic heterocycles. The van der Waals surface area contributed by atoms with Gasteiger partial charge in [-0.3, -0.25) is 14.3 Å². The molecule has 0 saturated carbocycles. The van der Waals surface area contributed by atoms with E-state index in [9.17, 15) is 14.0 Å². The third-order valence-corrected chi connectivity index (χ3v) is 3.17. The number of imidazole rings is 1. The fourth-order valence-corrected chi connectivity index (χ4v) is 2.12. The summed E-state index contributed by atoms with van der Waals surface area (Å²) in [5, 5.41) is 0. The molecule has 0 radical (unpaired) electrons. The molecule has 7 heteroatoms. The van der Waals surface area contributed by atoms with E-state index in [0.29, 0.717) is 5.56 Å². The molecule has 3 rings (SSSR count). The highest BCUT2D eigenvalue weighted by atomic mass is 19.1. The Bertz CT molecular complexity index is 907. The SMILES string of the molecule is Cn1c(=O)[nH]c(=O)c2c1ncn2Cc1ccccc1F. The van der Waals surface area contributed by atoms with E-state index in [4.69, 9.17) is 0 Å². The normalized spacial score (nSPS) is 11.1. The lowest BCUT2D eigenvalue weighted by Crippen LogP contribution is -2.29. The minimum Gasteiger partial charge on any atom is -0.320 e. The van der Waals surface area contributed by atoms with E-state index < -0.39 is 11.2 Å². The van der Waals surface area contributed by atoms with Crippen LogP contribution in [0.15, 0.2) is 40.2 Å². The first-order chi connectivity index (χ1) is 9.58. The van der Waals surface area contributed by atoms with Crippen LogP contribution in [-0.4, -0.2) is 19.1 Å². The highest BCUT2D eigenvalue weighted by molar-refractivity contribution is 5.69. The lowest BCUT2D eigenvalue weighted by Gasteiger charge is -2.05. The van der Waals surface area contributed by atoms with Crippen molar-refractivity contribution in [2.45, 2.75) is 6.54 Å². The standard InChI is InChI=1S/C13H11FN4O2/c1-17-11-10(12(19)16-13(17)20)18(7-15-11)6-8-4-2-3-5-9(8)14/h2-5,7H,6H2,1H3,(H,16,19,20). The molecule has 20 heavy (non-hydrogen) atoms. The van der Waals surface area contributed by atoms with E-state index in [1.54, 1.807) is 18.2 Å². The molecule has 0 aliphatic carbocycles. The second kappa shape index (κ2) is 4.44. The van der Waals surface area contributed by atoms with Crippen LogP contribution in [0.2, 0.25) is 0 Å². The van der Waals surface area contributed by atoms with E-state index in [0.717, 1.165) is 0 Å². The van der Waals surface area contributed by atoms with Crippen LogP contribution >= 0.6 is 0 Å². The van der Waals surface area contributed by atoms with Crippen LogP contribution in [-0.2, 0) is 13.6 Å². The smallest absolute Gasteiger partial charge is 0.320 e. The first-order valence-electron chi connectivity index (χ1n) is 5.95. The maximum atomic E-state index is 13.7. The molecule has 1 N–H and O–H groups in total. The van der Waals surface area contributed by atoms with Crippen molar-refractivity contribution in [2.75, 3.05) is 0 Å². The van der Waals surface area contributed by atoms with Crippen molar-refractivity contribution < 1.29 is 4.39 Å². The number of aromatic amines is 1. The van der Waals surface area contributed by atoms with Gasteiger partial charge in [-0.1, -0.05) is 18.2 Å². The molecule has 2 aromatic heterocycles. The van der Waals surface area contributed by atoms with Crippen LogP contribution in [0.5, 0.6) is 0 Å². The minimum absolute atomic E-state index is 0.171. The first kappa shape index (κ1) is 12.3. The van der Waals surface area contributed by atoms with Crippen molar-refractivity contribution in [3.8, 4) is 0 Å². The quantitative estimate of drug-likeness (QED) is 0.744. The molecule has 0 atom stereocenters. The summed E-state index contributed by atoms with van der Waals surface area (Å²) in [5.74, 6) is -0.351. The maximum absolute atomic E-state index is 13.7. The molecule has 0 unspecified atom stereocenters. The van der Waals surface area contributed by atoms with Crippen molar-refractivity contribution in [2.24, 2.45) is 7.05 Å². The number of halogens is 1. The van der Waals surface area contributed by atoms with Gasteiger partial charge in [0.15, 0.2) is 11.2 Å². The van der Waals surface area contributed by atoms with Gasteiger partial charge in [-0.2, -0.15) is 0 Å². The topological polar surface area (TPSA) is 72.7 Å². The summed E-state index contributed by atoms with van der Waals surface area (Å²) >= 11 is 0. The van der Waals surface area contributed by atoms with Crippen LogP contribution < -0.4 is 11.2 Å². The number of benzene rings is 1. The summed E-state index contributed by atoms with van der Waals surface area (Å²) in [6.45, 7) is 0.171. The zero-order valence-electron chi connectivity index (χ0n) is 10.6. The molecular weight excluding hydrogens is 263 g/mol. The van der Waals surface area contributed by atoms with Crippen molar-refractivity contribution in [1.29, 1.82) is 0 Å². The van der Waals surface area contributed by atoms with Gasteiger partial charge in [-0.15, -0.1) is 0 Å². The van der Waals surface area contributed by atoms with Crippen LogP contribution in [0.25, 0.3) is 11.2 Å². The van der Waals surface area contributed by atoms with Crippen molar-refractivity contribution in [1.82, 2.24) is 19.1 Å². The Balaban J connectivity index is 2.19. The Hall–Kier alpha value is -2.70. The summed E-state index contributed by atoms with van der Waals surface area (Å²) in [6.07, 6.45) is 1.42. The Kier molecular flexibility index (Phi) is 2.74. The van der Waals surface area contributed by atoms with Gasteiger partial charge in [-0.25, -0.2) is 14.2 Å². The summed E-state index contributed by atoms with van der Waals surface area (Å²) in [4.78, 5) is 29.6. The molecule has 0 fully saturated rings. The van der Waals surface area contributed by atoms with Crippen molar-refractivity contribution >= 4 is 11.2 Å². The van der Waals surface area contributed by atoms with Crippen molar-refractivity contribution in [3.05, 3.63) is 62.8 Å². The van der Waals surface area contributed by atoms with Gasteiger partial charge < -0.3 is 4.57 Å². The average Bonchev–Trinajstić information content (AvgIpc) is 2.83. The monoisotopic (exact) mass is 274 g/mol. The average molecular weight is 274 g/mol. The molecule has 2 heterocycles. The summed E-state index contributed by atoms with van der Waals surface area (Å²) < 4.78 is 16.4. The van der Waals surface area contributed by atoms with E-state index >= 15 is 0 Å². The van der Waals surface area contributed by atoms with E-state index in [1.165, 1.54) is 28.6 Å². The molecular formula is C13H11FN4O2. The molecule has 0 amide bonds. The van der Waals surface area contributed by atoms with Crippen LogP contribution in [0, 0.1) is 5.82 Å². The highest BCUT2D eigenvalue weighted by Gasteiger charge is 2.12. The molecule has 3 aromatic rings. The number of rotatable bonds is 2. The van der Waals surface area contributed by atoms with Crippen LogP contribution in [0.3, 0.4) is 0 Å². The predicted octanol–water partition coefficient (Wildman–Crippen LogP) is 0.611. The first-order valence-corrected chi connectivity index (χ1v) is 5.95. The Labute approximate surface area is 112 Å². The second-order valence-corrected chi connectivity index (χ2v) is 4.45. The molecule has 0 saturated heterocycles. The number of nitrogens with one attached hydrogen (secondary N) is 1. The number of hydrogen-bond acceptors (Lipinski definition) is 3. The molecule has 0 spiro atoms. The number of H-pyrrole nitrogens is 1. The lowest BCUT2D eigenvalue weighted by molar-refractivity contribution is 0.601. The zero-order chi connectivity index (χ0) is 14.3. The largest absolute Gasteiger partial charge is 0.329 e.